The number of ether oxygens (including phenoxy) is 2. The maximum absolute atomic E-state index is 12.4. The average molecular weight is 413 g/mol. The molecule has 2 heterocycles. The van der Waals surface area contributed by atoms with Crippen LogP contribution in [0.5, 0.6) is 0 Å². The van der Waals surface area contributed by atoms with Gasteiger partial charge in [-0.1, -0.05) is 0 Å². The summed E-state index contributed by atoms with van der Waals surface area (Å²) in [6, 6.07) is 7.60. The number of carbonyl (C=O) groups excluding carboxylic acids is 3. The molecule has 0 bridgehead atoms. The van der Waals surface area contributed by atoms with Gasteiger partial charge in [0.25, 0.3) is 5.91 Å². The van der Waals surface area contributed by atoms with Crippen LogP contribution in [-0.4, -0.2) is 49.1 Å². The first-order chi connectivity index (χ1) is 14.4. The number of rotatable bonds is 7. The standard InChI is InChI=1S/C22H27N3O5/c1-4-29-22(28)20-14(2)19(15(3)23-20)21(27)30-13-18(26)24-16-7-9-17(10-8-16)25-11-5-6-12-25/h7-10,23H,4-6,11-13H2,1-3H3,(H,24,26). The molecule has 2 N–H and O–H groups in total. The molecule has 1 aromatic carbocycles. The van der Waals surface area contributed by atoms with Gasteiger partial charge in [-0.05, 0) is 63.4 Å². The number of hydrogen-bond acceptors (Lipinski definition) is 6. The van der Waals surface area contributed by atoms with Gasteiger partial charge in [-0.2, -0.15) is 0 Å². The predicted octanol–water partition coefficient (Wildman–Crippen LogP) is 3.20. The smallest absolute Gasteiger partial charge is 0.355 e. The van der Waals surface area contributed by atoms with Crippen LogP contribution in [0.15, 0.2) is 24.3 Å². The fraction of sp³-hybridized carbons (Fsp3) is 0.409. The number of carbonyl (C=O) groups is 3. The zero-order chi connectivity index (χ0) is 21.7. The lowest BCUT2D eigenvalue weighted by Gasteiger charge is -2.17. The molecular weight excluding hydrogens is 386 g/mol. The summed E-state index contributed by atoms with van der Waals surface area (Å²) in [6.45, 7) is 6.91. The second kappa shape index (κ2) is 9.47. The molecular formula is C22H27N3O5. The van der Waals surface area contributed by atoms with Crippen molar-refractivity contribution in [2.45, 2.75) is 33.6 Å². The molecule has 0 atom stereocenters. The van der Waals surface area contributed by atoms with Gasteiger partial charge < -0.3 is 24.7 Å². The number of nitrogens with zero attached hydrogens (tertiary/aromatic N) is 1. The Bertz CT molecular complexity index is 927. The van der Waals surface area contributed by atoms with Crippen molar-refractivity contribution in [1.82, 2.24) is 4.98 Å². The lowest BCUT2D eigenvalue weighted by Crippen LogP contribution is -2.21. The van der Waals surface area contributed by atoms with Gasteiger partial charge in [0, 0.05) is 30.2 Å². The molecule has 30 heavy (non-hydrogen) atoms. The summed E-state index contributed by atoms with van der Waals surface area (Å²) in [6.07, 6.45) is 2.40. The van der Waals surface area contributed by atoms with Crippen LogP contribution >= 0.6 is 0 Å². The maximum atomic E-state index is 12.4. The Hall–Kier alpha value is -3.29. The molecule has 0 spiro atoms. The van der Waals surface area contributed by atoms with E-state index in [9.17, 15) is 14.4 Å². The highest BCUT2D eigenvalue weighted by molar-refractivity contribution is 6.00. The van der Waals surface area contributed by atoms with Crippen LogP contribution in [0, 0.1) is 13.8 Å². The van der Waals surface area contributed by atoms with Crippen LogP contribution in [-0.2, 0) is 14.3 Å². The monoisotopic (exact) mass is 413 g/mol. The maximum Gasteiger partial charge on any atom is 0.355 e. The third kappa shape index (κ3) is 4.82. The highest BCUT2D eigenvalue weighted by Crippen LogP contribution is 2.22. The van der Waals surface area contributed by atoms with Gasteiger partial charge in [0.05, 0.1) is 12.2 Å². The van der Waals surface area contributed by atoms with Gasteiger partial charge in [0.1, 0.15) is 5.69 Å². The lowest BCUT2D eigenvalue weighted by atomic mass is 10.1. The average Bonchev–Trinajstić information content (AvgIpc) is 3.35. The molecule has 1 fully saturated rings. The molecule has 1 aliphatic rings. The number of benzene rings is 1. The van der Waals surface area contributed by atoms with Crippen LogP contribution in [0.25, 0.3) is 0 Å². The molecule has 3 rings (SSSR count). The van der Waals surface area contributed by atoms with E-state index in [1.165, 1.54) is 12.8 Å². The summed E-state index contributed by atoms with van der Waals surface area (Å²) in [4.78, 5) is 41.7. The molecule has 1 aromatic heterocycles. The summed E-state index contributed by atoms with van der Waals surface area (Å²) in [5.41, 5.74) is 3.14. The zero-order valence-electron chi connectivity index (χ0n) is 17.5. The van der Waals surface area contributed by atoms with E-state index in [0.29, 0.717) is 16.9 Å². The molecule has 1 amide bonds. The van der Waals surface area contributed by atoms with Crippen molar-refractivity contribution in [2.24, 2.45) is 0 Å². The first kappa shape index (κ1) is 21.4. The summed E-state index contributed by atoms with van der Waals surface area (Å²) >= 11 is 0. The van der Waals surface area contributed by atoms with Gasteiger partial charge in [-0.3, -0.25) is 4.79 Å². The molecule has 0 aliphatic carbocycles. The third-order valence-electron chi connectivity index (χ3n) is 5.08. The number of hydrogen-bond donors (Lipinski definition) is 2. The van der Waals surface area contributed by atoms with Crippen LogP contribution in [0.1, 0.15) is 51.9 Å². The second-order valence-corrected chi connectivity index (χ2v) is 7.21. The Balaban J connectivity index is 1.55. The molecule has 1 aliphatic heterocycles. The van der Waals surface area contributed by atoms with Crippen LogP contribution in [0.2, 0.25) is 0 Å². The number of aryl methyl sites for hydroxylation is 1. The fourth-order valence-electron chi connectivity index (χ4n) is 3.59. The zero-order valence-corrected chi connectivity index (χ0v) is 17.5. The van der Waals surface area contributed by atoms with Gasteiger partial charge in [-0.15, -0.1) is 0 Å². The van der Waals surface area contributed by atoms with Crippen molar-refractivity contribution in [3.8, 4) is 0 Å². The van der Waals surface area contributed by atoms with Crippen molar-refractivity contribution in [3.05, 3.63) is 46.8 Å². The van der Waals surface area contributed by atoms with Crippen molar-refractivity contribution < 1.29 is 23.9 Å². The molecule has 0 radical (unpaired) electrons. The minimum Gasteiger partial charge on any atom is -0.461 e. The molecule has 8 heteroatoms. The van der Waals surface area contributed by atoms with Gasteiger partial charge in [-0.25, -0.2) is 9.59 Å². The highest BCUT2D eigenvalue weighted by Gasteiger charge is 2.24. The summed E-state index contributed by atoms with van der Waals surface area (Å²) in [7, 11) is 0. The molecule has 0 unspecified atom stereocenters. The molecule has 0 saturated carbocycles. The lowest BCUT2D eigenvalue weighted by molar-refractivity contribution is -0.119. The first-order valence-electron chi connectivity index (χ1n) is 10.1. The SMILES string of the molecule is CCOC(=O)c1[nH]c(C)c(C(=O)OCC(=O)Nc2ccc(N3CCCC3)cc2)c1C. The highest BCUT2D eigenvalue weighted by atomic mass is 16.5. The van der Waals surface area contributed by atoms with Crippen molar-refractivity contribution in [2.75, 3.05) is 36.5 Å². The fourth-order valence-corrected chi connectivity index (χ4v) is 3.59. The van der Waals surface area contributed by atoms with Crippen LogP contribution < -0.4 is 10.2 Å². The summed E-state index contributed by atoms with van der Waals surface area (Å²) in [5, 5.41) is 2.72. The van der Waals surface area contributed by atoms with Gasteiger partial charge >= 0.3 is 11.9 Å². The topological polar surface area (TPSA) is 101 Å². The number of aromatic nitrogens is 1. The Morgan fingerprint density at radius 1 is 1.03 bits per heavy atom. The number of anilines is 2. The van der Waals surface area contributed by atoms with E-state index in [1.54, 1.807) is 20.8 Å². The Labute approximate surface area is 175 Å². The number of H-pyrrole nitrogens is 1. The number of aromatic amines is 1. The van der Waals surface area contributed by atoms with E-state index in [1.807, 2.05) is 24.3 Å². The quantitative estimate of drug-likeness (QED) is 0.676. The Morgan fingerprint density at radius 2 is 1.70 bits per heavy atom. The van der Waals surface area contributed by atoms with E-state index in [0.717, 1.165) is 18.8 Å². The van der Waals surface area contributed by atoms with Gasteiger partial charge in [0.15, 0.2) is 6.61 Å². The molecule has 1 saturated heterocycles. The van der Waals surface area contributed by atoms with E-state index in [4.69, 9.17) is 9.47 Å². The normalized spacial score (nSPS) is 13.2. The van der Waals surface area contributed by atoms with Crippen molar-refractivity contribution in [1.29, 1.82) is 0 Å². The molecule has 160 valence electrons. The van der Waals surface area contributed by atoms with Crippen molar-refractivity contribution >= 4 is 29.2 Å². The predicted molar refractivity (Wildman–Crippen MR) is 113 cm³/mol. The van der Waals surface area contributed by atoms with Gasteiger partial charge in [0.2, 0.25) is 0 Å². The second-order valence-electron chi connectivity index (χ2n) is 7.21. The first-order valence-corrected chi connectivity index (χ1v) is 10.1. The van der Waals surface area contributed by atoms with E-state index < -0.39 is 24.5 Å². The largest absolute Gasteiger partial charge is 0.461 e. The Kier molecular flexibility index (Phi) is 6.76. The minimum absolute atomic E-state index is 0.212. The number of nitrogens with one attached hydrogen (secondary N) is 2. The van der Waals surface area contributed by atoms with E-state index in [-0.39, 0.29) is 17.9 Å². The van der Waals surface area contributed by atoms with E-state index >= 15 is 0 Å². The third-order valence-corrected chi connectivity index (χ3v) is 5.08. The Morgan fingerprint density at radius 3 is 2.33 bits per heavy atom. The number of esters is 2. The summed E-state index contributed by atoms with van der Waals surface area (Å²) in [5.74, 6) is -1.64. The summed E-state index contributed by atoms with van der Waals surface area (Å²) < 4.78 is 10.1. The minimum atomic E-state index is -0.670. The molecule has 8 nitrogen and oxygen atoms in total. The van der Waals surface area contributed by atoms with E-state index in [2.05, 4.69) is 15.2 Å². The number of amides is 1. The van der Waals surface area contributed by atoms with Crippen LogP contribution in [0.4, 0.5) is 11.4 Å². The van der Waals surface area contributed by atoms with Crippen LogP contribution in [0.3, 0.4) is 0 Å². The van der Waals surface area contributed by atoms with Crippen molar-refractivity contribution in [3.63, 3.8) is 0 Å². The molecule has 2 aromatic rings.